The van der Waals surface area contributed by atoms with Crippen molar-refractivity contribution in [3.63, 3.8) is 0 Å². The minimum atomic E-state index is -3.76. The molecule has 0 spiro atoms. The van der Waals surface area contributed by atoms with E-state index in [0.717, 1.165) is 0 Å². The van der Waals surface area contributed by atoms with Crippen molar-refractivity contribution in [1.29, 1.82) is 0 Å². The SMILES string of the molecule is C[C@H]1CN(C(=O)OC(C)(C)C)CCN1C(=O)CS(=O)(=O)c1ccccc1Br. The summed E-state index contributed by atoms with van der Waals surface area (Å²) in [5.41, 5.74) is -0.593. The van der Waals surface area contributed by atoms with Crippen molar-refractivity contribution in [1.82, 2.24) is 9.80 Å². The first-order valence-electron chi connectivity index (χ1n) is 8.65. The van der Waals surface area contributed by atoms with Crippen LogP contribution in [0, 0.1) is 0 Å². The molecule has 2 rings (SSSR count). The molecule has 1 aliphatic rings. The quantitative estimate of drug-likeness (QED) is 0.691. The molecule has 0 aromatic heterocycles. The third-order valence-electron chi connectivity index (χ3n) is 4.08. The Morgan fingerprint density at radius 1 is 1.22 bits per heavy atom. The Labute approximate surface area is 168 Å². The number of sulfone groups is 1. The Bertz CT molecular complexity index is 819. The summed E-state index contributed by atoms with van der Waals surface area (Å²) in [6.45, 7) is 8.04. The maximum atomic E-state index is 12.6. The normalized spacial score (nSPS) is 18.3. The summed E-state index contributed by atoms with van der Waals surface area (Å²) < 4.78 is 30.9. The van der Waals surface area contributed by atoms with Crippen molar-refractivity contribution in [3.8, 4) is 0 Å². The molecule has 1 aromatic carbocycles. The number of carbonyl (C=O) groups excluding carboxylic acids is 2. The lowest BCUT2D eigenvalue weighted by Crippen LogP contribution is -2.57. The maximum Gasteiger partial charge on any atom is 0.410 e. The van der Waals surface area contributed by atoms with Gasteiger partial charge in [-0.1, -0.05) is 12.1 Å². The lowest BCUT2D eigenvalue weighted by Gasteiger charge is -2.40. The highest BCUT2D eigenvalue weighted by atomic mass is 79.9. The number of nitrogens with zero attached hydrogens (tertiary/aromatic N) is 2. The second-order valence-electron chi connectivity index (χ2n) is 7.55. The van der Waals surface area contributed by atoms with Gasteiger partial charge in [-0.15, -0.1) is 0 Å². The van der Waals surface area contributed by atoms with Gasteiger partial charge in [0, 0.05) is 30.1 Å². The summed E-state index contributed by atoms with van der Waals surface area (Å²) in [5, 5.41) is 0. The Morgan fingerprint density at radius 3 is 2.41 bits per heavy atom. The summed E-state index contributed by atoms with van der Waals surface area (Å²) in [6, 6.07) is 6.12. The molecule has 1 heterocycles. The van der Waals surface area contributed by atoms with Crippen LogP contribution in [0.4, 0.5) is 4.79 Å². The van der Waals surface area contributed by atoms with Crippen LogP contribution in [0.25, 0.3) is 0 Å². The number of carbonyl (C=O) groups is 2. The fraction of sp³-hybridized carbons (Fsp3) is 0.556. The molecule has 150 valence electrons. The van der Waals surface area contributed by atoms with Crippen LogP contribution in [0.15, 0.2) is 33.6 Å². The maximum absolute atomic E-state index is 12.6. The van der Waals surface area contributed by atoms with E-state index in [2.05, 4.69) is 15.9 Å². The Kier molecular flexibility index (Phi) is 6.57. The highest BCUT2D eigenvalue weighted by Gasteiger charge is 2.34. The Hall–Kier alpha value is -1.61. The lowest BCUT2D eigenvalue weighted by molar-refractivity contribution is -0.132. The predicted molar refractivity (Wildman–Crippen MR) is 105 cm³/mol. The highest BCUT2D eigenvalue weighted by molar-refractivity contribution is 9.10. The monoisotopic (exact) mass is 460 g/mol. The van der Waals surface area contributed by atoms with Gasteiger partial charge in [0.05, 0.1) is 4.90 Å². The van der Waals surface area contributed by atoms with E-state index in [1.165, 1.54) is 11.0 Å². The zero-order valence-corrected chi connectivity index (χ0v) is 18.3. The minimum Gasteiger partial charge on any atom is -0.444 e. The molecule has 0 N–H and O–H groups in total. The molecule has 1 fully saturated rings. The second kappa shape index (κ2) is 8.18. The molecule has 0 saturated carbocycles. The van der Waals surface area contributed by atoms with Crippen LogP contribution in [-0.4, -0.2) is 67.2 Å². The largest absolute Gasteiger partial charge is 0.444 e. The number of halogens is 1. The van der Waals surface area contributed by atoms with E-state index in [1.54, 1.807) is 50.8 Å². The standard InChI is InChI=1S/C18H25BrN2O5S/c1-13-11-20(17(23)26-18(2,3)4)9-10-21(13)16(22)12-27(24,25)15-8-6-5-7-14(15)19/h5-8,13H,9-12H2,1-4H3/t13-/m0/s1. The summed E-state index contributed by atoms with van der Waals surface area (Å²) in [6.07, 6.45) is -0.428. The molecular weight excluding hydrogens is 436 g/mol. The van der Waals surface area contributed by atoms with Crippen molar-refractivity contribution in [2.75, 3.05) is 25.4 Å². The molecular formula is C18H25BrN2O5S. The number of hydrogen-bond donors (Lipinski definition) is 0. The van der Waals surface area contributed by atoms with Gasteiger partial charge in [-0.3, -0.25) is 4.79 Å². The van der Waals surface area contributed by atoms with Gasteiger partial charge in [0.2, 0.25) is 5.91 Å². The van der Waals surface area contributed by atoms with E-state index < -0.39 is 33.2 Å². The predicted octanol–water partition coefficient (Wildman–Crippen LogP) is 2.69. The summed E-state index contributed by atoms with van der Waals surface area (Å²) >= 11 is 3.22. The van der Waals surface area contributed by atoms with Gasteiger partial charge in [0.25, 0.3) is 0 Å². The van der Waals surface area contributed by atoms with Crippen LogP contribution in [0.1, 0.15) is 27.7 Å². The summed E-state index contributed by atoms with van der Waals surface area (Å²) in [4.78, 5) is 27.9. The number of ether oxygens (including phenoxy) is 1. The Morgan fingerprint density at radius 2 is 1.85 bits per heavy atom. The van der Waals surface area contributed by atoms with E-state index in [9.17, 15) is 18.0 Å². The van der Waals surface area contributed by atoms with Gasteiger partial charge in [-0.05, 0) is 55.8 Å². The summed E-state index contributed by atoms with van der Waals surface area (Å²) in [7, 11) is -3.76. The lowest BCUT2D eigenvalue weighted by atomic mass is 10.2. The molecule has 1 saturated heterocycles. The minimum absolute atomic E-state index is 0.0957. The topological polar surface area (TPSA) is 84.0 Å². The molecule has 7 nitrogen and oxygen atoms in total. The van der Waals surface area contributed by atoms with E-state index in [4.69, 9.17) is 4.74 Å². The molecule has 9 heteroatoms. The number of hydrogen-bond acceptors (Lipinski definition) is 5. The van der Waals surface area contributed by atoms with Crippen molar-refractivity contribution in [2.24, 2.45) is 0 Å². The van der Waals surface area contributed by atoms with E-state index in [-0.39, 0.29) is 17.5 Å². The molecule has 1 aromatic rings. The first-order chi connectivity index (χ1) is 12.4. The number of piperazine rings is 1. The van der Waals surface area contributed by atoms with Gasteiger partial charge in [0.1, 0.15) is 11.4 Å². The summed E-state index contributed by atoms with van der Waals surface area (Å²) in [5.74, 6) is -1.08. The van der Waals surface area contributed by atoms with Crippen molar-refractivity contribution in [3.05, 3.63) is 28.7 Å². The number of rotatable bonds is 3. The molecule has 0 aliphatic carbocycles. The molecule has 0 radical (unpaired) electrons. The van der Waals surface area contributed by atoms with Crippen molar-refractivity contribution < 1.29 is 22.7 Å². The average Bonchev–Trinajstić information content (AvgIpc) is 2.52. The Balaban J connectivity index is 2.03. The van der Waals surface area contributed by atoms with Crippen LogP contribution in [0.2, 0.25) is 0 Å². The highest BCUT2D eigenvalue weighted by Crippen LogP contribution is 2.23. The fourth-order valence-corrected chi connectivity index (χ4v) is 5.16. The first kappa shape index (κ1) is 21.7. The number of benzene rings is 1. The third kappa shape index (κ3) is 5.68. The molecule has 2 amide bonds. The third-order valence-corrected chi connectivity index (χ3v) is 6.69. The molecule has 1 aliphatic heterocycles. The molecule has 27 heavy (non-hydrogen) atoms. The van der Waals surface area contributed by atoms with Crippen LogP contribution in [0.3, 0.4) is 0 Å². The average molecular weight is 461 g/mol. The van der Waals surface area contributed by atoms with Crippen molar-refractivity contribution in [2.45, 2.75) is 44.2 Å². The molecule has 1 atom stereocenters. The van der Waals surface area contributed by atoms with E-state index in [1.807, 2.05) is 0 Å². The van der Waals surface area contributed by atoms with Gasteiger partial charge in [0.15, 0.2) is 9.84 Å². The van der Waals surface area contributed by atoms with Crippen LogP contribution in [0.5, 0.6) is 0 Å². The molecule has 0 unspecified atom stereocenters. The first-order valence-corrected chi connectivity index (χ1v) is 11.1. The zero-order valence-electron chi connectivity index (χ0n) is 15.9. The second-order valence-corrected chi connectivity index (χ2v) is 10.4. The number of amides is 2. The van der Waals surface area contributed by atoms with Crippen LogP contribution in [-0.2, 0) is 19.4 Å². The smallest absolute Gasteiger partial charge is 0.410 e. The van der Waals surface area contributed by atoms with Crippen molar-refractivity contribution >= 4 is 37.8 Å². The van der Waals surface area contributed by atoms with E-state index >= 15 is 0 Å². The zero-order chi connectivity index (χ0) is 20.4. The fourth-order valence-electron chi connectivity index (χ4n) is 2.84. The van der Waals surface area contributed by atoms with Gasteiger partial charge >= 0.3 is 6.09 Å². The van der Waals surface area contributed by atoms with Crippen LogP contribution < -0.4 is 0 Å². The van der Waals surface area contributed by atoms with E-state index in [0.29, 0.717) is 17.6 Å². The van der Waals surface area contributed by atoms with Gasteiger partial charge in [-0.2, -0.15) is 0 Å². The van der Waals surface area contributed by atoms with Gasteiger partial charge in [-0.25, -0.2) is 13.2 Å². The van der Waals surface area contributed by atoms with Gasteiger partial charge < -0.3 is 14.5 Å². The molecule has 0 bridgehead atoms. The van der Waals surface area contributed by atoms with Crippen LogP contribution >= 0.6 is 15.9 Å².